The van der Waals surface area contributed by atoms with Gasteiger partial charge >= 0.3 is 17.2 Å². The molecule has 3 aliphatic heterocycles. The van der Waals surface area contributed by atoms with E-state index in [1.165, 1.54) is 36.9 Å². The zero-order chi connectivity index (χ0) is 24.5. The molecule has 0 radical (unpaired) electrons. The van der Waals surface area contributed by atoms with Crippen LogP contribution in [0.15, 0.2) is 85.3 Å². The first-order valence-corrected chi connectivity index (χ1v) is 13.5. The minimum absolute atomic E-state index is 0.344. The van der Waals surface area contributed by atoms with Crippen LogP contribution in [0.3, 0.4) is 0 Å². The Kier molecular flexibility index (Phi) is 2.69. The maximum Gasteiger partial charge on any atom is 0.354 e. The number of imidazole rings is 1. The van der Waals surface area contributed by atoms with Gasteiger partial charge in [-0.1, -0.05) is 24.3 Å². The van der Waals surface area contributed by atoms with E-state index in [2.05, 4.69) is 98.2 Å². The summed E-state index contributed by atoms with van der Waals surface area (Å²) in [6, 6.07) is 26.1. The van der Waals surface area contributed by atoms with Crippen LogP contribution in [0, 0.1) is 0 Å². The molecule has 0 saturated heterocycles. The highest BCUT2D eigenvalue weighted by Gasteiger charge is 2.68. The summed E-state index contributed by atoms with van der Waals surface area (Å²) in [4.78, 5) is 4.87. The van der Waals surface area contributed by atoms with E-state index >= 15 is 0 Å². The van der Waals surface area contributed by atoms with Crippen LogP contribution in [-0.2, 0) is 7.05 Å². The normalized spacial score (nSPS) is 17.9. The second kappa shape index (κ2) is 5.55. The molecule has 176 valence electrons. The van der Waals surface area contributed by atoms with Gasteiger partial charge in [0.15, 0.2) is 16.8 Å². The van der Waals surface area contributed by atoms with Crippen molar-refractivity contribution in [2.24, 2.45) is 7.05 Å². The Morgan fingerprint density at radius 1 is 0.842 bits per heavy atom. The van der Waals surface area contributed by atoms with Crippen LogP contribution in [0.25, 0.3) is 59.3 Å². The van der Waals surface area contributed by atoms with Crippen molar-refractivity contribution in [2.75, 3.05) is 0 Å². The number of hydrogen-bond acceptors (Lipinski definition) is 3. The number of ether oxygens (including phenoxy) is 1. The molecule has 4 aromatic heterocycles. The van der Waals surface area contributed by atoms with Crippen molar-refractivity contribution >= 4 is 70.6 Å². The Morgan fingerprint density at radius 3 is 2.68 bits per heavy atom. The molecule has 38 heavy (non-hydrogen) atoms. The van der Waals surface area contributed by atoms with Crippen molar-refractivity contribution in [3.05, 3.63) is 85.3 Å². The predicted molar refractivity (Wildman–Crippen MR) is 147 cm³/mol. The molecule has 1 unspecified atom stereocenters. The Balaban J connectivity index is 1.55. The van der Waals surface area contributed by atoms with E-state index in [0.29, 0.717) is 4.70 Å². The number of aromatic nitrogens is 5. The monoisotopic (exact) mass is 509 g/mol. The molecule has 0 aliphatic carbocycles. The summed E-state index contributed by atoms with van der Waals surface area (Å²) in [5.41, 5.74) is 9.35. The number of nitrogens with zero attached hydrogens (tertiary/aromatic N) is 6. The van der Waals surface area contributed by atoms with Gasteiger partial charge in [0.25, 0.3) is 5.69 Å². The number of para-hydroxylation sites is 4. The molecule has 0 saturated carbocycles. The maximum absolute atomic E-state index is 6.74. The van der Waals surface area contributed by atoms with E-state index in [4.69, 9.17) is 9.72 Å². The van der Waals surface area contributed by atoms with Crippen molar-refractivity contribution in [1.82, 2.24) is 19.0 Å². The molecule has 0 fully saturated rings. The highest BCUT2D eigenvalue weighted by Crippen LogP contribution is 2.63. The van der Waals surface area contributed by atoms with Crippen molar-refractivity contribution in [1.29, 1.82) is 0 Å². The summed E-state index contributed by atoms with van der Waals surface area (Å²) in [6.07, 6.45) is 4.02. The van der Waals surface area contributed by atoms with Crippen LogP contribution >= 0.6 is 11.3 Å². The summed E-state index contributed by atoms with van der Waals surface area (Å²) >= 11 is 1.85. The molecule has 4 aromatic carbocycles. The molecule has 0 bridgehead atoms. The zero-order valence-corrected chi connectivity index (χ0v) is 20.9. The number of fused-ring (bicyclic) bond motifs is 5. The van der Waals surface area contributed by atoms with Crippen LogP contribution in [-0.4, -0.2) is 14.3 Å². The molecule has 3 aliphatic rings. The van der Waals surface area contributed by atoms with Gasteiger partial charge in [0.05, 0.1) is 21.1 Å². The van der Waals surface area contributed by atoms with Crippen LogP contribution in [0.4, 0.5) is 11.4 Å². The third kappa shape index (κ3) is 1.61. The fourth-order valence-electron chi connectivity index (χ4n) is 7.48. The molecule has 7 nitrogen and oxygen atoms in total. The van der Waals surface area contributed by atoms with Gasteiger partial charge in [-0.2, -0.15) is 4.40 Å². The molecule has 1 spiro atoms. The summed E-state index contributed by atoms with van der Waals surface area (Å²) in [6.45, 7) is 0. The lowest BCUT2D eigenvalue weighted by molar-refractivity contribution is -0.634. The lowest BCUT2D eigenvalue weighted by Crippen LogP contribution is -2.57. The maximum atomic E-state index is 6.74. The fraction of sp³-hybridized carbons (Fsp3) is 0.0333. The van der Waals surface area contributed by atoms with E-state index < -0.39 is 0 Å². The molecular formula is C30H17N6OS+3. The third-order valence-electron chi connectivity index (χ3n) is 8.76. The van der Waals surface area contributed by atoms with E-state index in [-0.39, 0.29) is 0 Å². The quantitative estimate of drug-likeness (QED) is 0.145. The molecule has 0 amide bonds. The Morgan fingerprint density at radius 2 is 1.71 bits per heavy atom. The van der Waals surface area contributed by atoms with Gasteiger partial charge in [0.1, 0.15) is 10.9 Å². The summed E-state index contributed by atoms with van der Waals surface area (Å²) in [5.74, 6) is 2.90. The minimum Gasteiger partial charge on any atom is -0.444 e. The van der Waals surface area contributed by atoms with Crippen molar-refractivity contribution in [3.63, 3.8) is 0 Å². The number of hydrogen-bond donors (Lipinski definition) is 0. The van der Waals surface area contributed by atoms with Crippen LogP contribution in [0.5, 0.6) is 11.5 Å². The third-order valence-corrected chi connectivity index (χ3v) is 9.86. The van der Waals surface area contributed by atoms with Gasteiger partial charge in [0, 0.05) is 20.9 Å². The first-order chi connectivity index (χ1) is 18.8. The first kappa shape index (κ1) is 18.5. The topological polar surface area (TPSA) is 40.0 Å². The van der Waals surface area contributed by atoms with E-state index in [9.17, 15) is 0 Å². The number of benzene rings is 4. The molecule has 7 heterocycles. The van der Waals surface area contributed by atoms with Gasteiger partial charge in [-0.05, 0) is 48.5 Å². The Bertz CT molecular complexity index is 2470. The fourth-order valence-corrected chi connectivity index (χ4v) is 8.59. The van der Waals surface area contributed by atoms with Gasteiger partial charge in [0.2, 0.25) is 23.1 Å². The van der Waals surface area contributed by atoms with Crippen molar-refractivity contribution in [3.8, 4) is 22.9 Å². The van der Waals surface area contributed by atoms with Gasteiger partial charge in [-0.3, -0.25) is 0 Å². The molecule has 11 rings (SSSR count). The van der Waals surface area contributed by atoms with Crippen molar-refractivity contribution in [2.45, 2.75) is 0 Å². The number of rotatable bonds is 0. The zero-order valence-electron chi connectivity index (χ0n) is 20.1. The summed E-state index contributed by atoms with van der Waals surface area (Å²) in [5, 5.41) is 2.38. The second-order valence-corrected chi connectivity index (χ2v) is 11.4. The largest absolute Gasteiger partial charge is 0.444 e. The van der Waals surface area contributed by atoms with Crippen LogP contribution < -0.4 is 18.4 Å². The predicted octanol–water partition coefficient (Wildman–Crippen LogP) is 5.89. The van der Waals surface area contributed by atoms with E-state index in [0.717, 1.165) is 45.2 Å². The van der Waals surface area contributed by atoms with Crippen molar-refractivity contribution < 1.29 is 13.7 Å². The van der Waals surface area contributed by atoms with E-state index in [1.807, 2.05) is 23.9 Å². The summed E-state index contributed by atoms with van der Waals surface area (Å²) < 4.78 is 19.2. The SMILES string of the molecule is C[n+]1c2n(c3ccccc31)[N+]13c4c(cccc4-2)Oc2ccc4sc5cccc6c7cncn1c7[n+](c4c23)c56. The number of quaternary nitrogens is 1. The molecule has 0 N–H and O–H groups in total. The lowest BCUT2D eigenvalue weighted by Gasteiger charge is -2.32. The minimum atomic E-state index is 0.344. The van der Waals surface area contributed by atoms with Gasteiger partial charge in [-0.25, -0.2) is 9.55 Å². The lowest BCUT2D eigenvalue weighted by atomic mass is 10.1. The Hall–Kier alpha value is -4.79. The highest BCUT2D eigenvalue weighted by molar-refractivity contribution is 7.24. The first-order valence-electron chi connectivity index (χ1n) is 12.7. The smallest absolute Gasteiger partial charge is 0.354 e. The standard InChI is InChI=1S/C30H17N6OS/c1-32-19-8-2-3-9-20(19)35-29(32)17-7-4-10-21-27(17)36(35)28-22(37-21)12-13-24-26(28)34-25-16(6-5-11-23(25)38-24)18-14-31-15-33(36)30(18)34/h2-15H,1H3/q+3. The average Bonchev–Trinajstić information content (AvgIpc) is 3.57. The van der Waals surface area contributed by atoms with Gasteiger partial charge < -0.3 is 4.74 Å². The molecule has 1 atom stereocenters. The highest BCUT2D eigenvalue weighted by atomic mass is 32.1. The molecular weight excluding hydrogens is 492 g/mol. The van der Waals surface area contributed by atoms with Gasteiger partial charge in [-0.15, -0.1) is 11.3 Å². The average molecular weight is 510 g/mol. The van der Waals surface area contributed by atoms with Crippen LogP contribution in [0.2, 0.25) is 0 Å². The van der Waals surface area contributed by atoms with Crippen LogP contribution in [0.1, 0.15) is 0 Å². The molecule has 8 heteroatoms. The number of aryl methyl sites for hydroxylation is 1. The molecule has 8 aromatic rings. The summed E-state index contributed by atoms with van der Waals surface area (Å²) in [7, 11) is 2.17. The van der Waals surface area contributed by atoms with E-state index in [1.54, 1.807) is 0 Å². The second-order valence-electron chi connectivity index (χ2n) is 10.4. The Labute approximate surface area is 218 Å².